The van der Waals surface area contributed by atoms with Crippen LogP contribution in [-0.4, -0.2) is 20.6 Å². The van der Waals surface area contributed by atoms with Gasteiger partial charge in [0.15, 0.2) is 0 Å². The van der Waals surface area contributed by atoms with Crippen molar-refractivity contribution in [2.24, 2.45) is 0 Å². The summed E-state index contributed by atoms with van der Waals surface area (Å²) in [5.41, 5.74) is 1.38. The van der Waals surface area contributed by atoms with Gasteiger partial charge >= 0.3 is 0 Å². The number of rotatable bonds is 4. The summed E-state index contributed by atoms with van der Waals surface area (Å²) in [6.07, 6.45) is 3.15. The lowest BCUT2D eigenvalue weighted by atomic mass is 10.2. The van der Waals surface area contributed by atoms with Crippen molar-refractivity contribution in [3.8, 4) is 0 Å². The van der Waals surface area contributed by atoms with Crippen LogP contribution in [0.3, 0.4) is 0 Å². The minimum absolute atomic E-state index is 1.06. The molecule has 0 radical (unpaired) electrons. The van der Waals surface area contributed by atoms with Gasteiger partial charge in [0, 0.05) is 7.05 Å². The SMILES string of the molecule is CN/C=C(/C)CCNC. The molecule has 0 rings (SSSR count). The molecule has 0 aromatic rings. The molecular weight excluding hydrogens is 112 g/mol. The number of hydrogen-bond donors (Lipinski definition) is 2. The highest BCUT2D eigenvalue weighted by molar-refractivity contribution is 4.95. The fraction of sp³-hybridized carbons (Fsp3) is 0.714. The molecule has 2 nitrogen and oxygen atoms in total. The van der Waals surface area contributed by atoms with Crippen molar-refractivity contribution in [3.05, 3.63) is 11.8 Å². The summed E-state index contributed by atoms with van der Waals surface area (Å²) in [4.78, 5) is 0. The predicted octanol–water partition coefficient (Wildman–Crippen LogP) is 0.719. The zero-order chi connectivity index (χ0) is 7.11. The second-order valence-electron chi connectivity index (χ2n) is 2.13. The quantitative estimate of drug-likeness (QED) is 0.583. The van der Waals surface area contributed by atoms with E-state index in [2.05, 4.69) is 17.6 Å². The smallest absolute Gasteiger partial charge is 0.00276 e. The molecule has 0 aliphatic carbocycles. The zero-order valence-electron chi connectivity index (χ0n) is 6.49. The monoisotopic (exact) mass is 128 g/mol. The topological polar surface area (TPSA) is 24.1 Å². The molecule has 0 atom stereocenters. The second kappa shape index (κ2) is 5.63. The van der Waals surface area contributed by atoms with Gasteiger partial charge in [-0.1, -0.05) is 5.57 Å². The van der Waals surface area contributed by atoms with Crippen molar-refractivity contribution in [1.29, 1.82) is 0 Å². The van der Waals surface area contributed by atoms with Gasteiger partial charge in [0.05, 0.1) is 0 Å². The van der Waals surface area contributed by atoms with E-state index in [0.717, 1.165) is 13.0 Å². The lowest BCUT2D eigenvalue weighted by Gasteiger charge is -1.98. The summed E-state index contributed by atoms with van der Waals surface area (Å²) < 4.78 is 0. The van der Waals surface area contributed by atoms with Crippen LogP contribution in [0.5, 0.6) is 0 Å². The fourth-order valence-electron chi connectivity index (χ4n) is 0.641. The maximum absolute atomic E-state index is 3.09. The van der Waals surface area contributed by atoms with Gasteiger partial charge in [0.1, 0.15) is 0 Å². The van der Waals surface area contributed by atoms with Crippen molar-refractivity contribution in [2.45, 2.75) is 13.3 Å². The van der Waals surface area contributed by atoms with Crippen molar-refractivity contribution in [3.63, 3.8) is 0 Å². The van der Waals surface area contributed by atoms with E-state index >= 15 is 0 Å². The Balaban J connectivity index is 3.25. The minimum atomic E-state index is 1.06. The van der Waals surface area contributed by atoms with Crippen LogP contribution in [0.4, 0.5) is 0 Å². The van der Waals surface area contributed by atoms with E-state index in [-0.39, 0.29) is 0 Å². The Kier molecular flexibility index (Phi) is 5.32. The molecule has 0 saturated carbocycles. The highest BCUT2D eigenvalue weighted by Crippen LogP contribution is 1.94. The predicted molar refractivity (Wildman–Crippen MR) is 41.4 cm³/mol. The molecule has 0 aromatic heterocycles. The zero-order valence-corrected chi connectivity index (χ0v) is 6.49. The molecule has 0 fully saturated rings. The second-order valence-corrected chi connectivity index (χ2v) is 2.13. The van der Waals surface area contributed by atoms with Gasteiger partial charge in [-0.15, -0.1) is 0 Å². The van der Waals surface area contributed by atoms with Crippen LogP contribution in [0.2, 0.25) is 0 Å². The van der Waals surface area contributed by atoms with Gasteiger partial charge in [-0.2, -0.15) is 0 Å². The molecular formula is C7H16N2. The van der Waals surface area contributed by atoms with Crippen LogP contribution in [0.25, 0.3) is 0 Å². The maximum Gasteiger partial charge on any atom is 0.00276 e. The largest absolute Gasteiger partial charge is 0.394 e. The van der Waals surface area contributed by atoms with Gasteiger partial charge in [-0.25, -0.2) is 0 Å². The van der Waals surface area contributed by atoms with Crippen molar-refractivity contribution in [1.82, 2.24) is 10.6 Å². The van der Waals surface area contributed by atoms with Crippen LogP contribution >= 0.6 is 0 Å². The summed E-state index contributed by atoms with van der Waals surface area (Å²) >= 11 is 0. The Labute approximate surface area is 57.3 Å². The molecule has 9 heavy (non-hydrogen) atoms. The Morgan fingerprint density at radius 2 is 2.11 bits per heavy atom. The third-order valence-corrected chi connectivity index (χ3v) is 1.16. The highest BCUT2D eigenvalue weighted by atomic mass is 14.8. The molecule has 0 aliphatic heterocycles. The third-order valence-electron chi connectivity index (χ3n) is 1.16. The summed E-state index contributed by atoms with van der Waals surface area (Å²) in [5, 5.41) is 6.07. The third kappa shape index (κ3) is 5.37. The van der Waals surface area contributed by atoms with Crippen LogP contribution in [0, 0.1) is 0 Å². The maximum atomic E-state index is 3.09. The molecule has 0 bridgehead atoms. The lowest BCUT2D eigenvalue weighted by Crippen LogP contribution is -2.08. The molecule has 54 valence electrons. The summed E-state index contributed by atoms with van der Waals surface area (Å²) in [5.74, 6) is 0. The van der Waals surface area contributed by atoms with Crippen LogP contribution < -0.4 is 10.6 Å². The van der Waals surface area contributed by atoms with Gasteiger partial charge < -0.3 is 10.6 Å². The molecule has 0 unspecified atom stereocenters. The summed E-state index contributed by atoms with van der Waals surface area (Å²) in [6.45, 7) is 3.18. The van der Waals surface area contributed by atoms with E-state index in [0.29, 0.717) is 0 Å². The first kappa shape index (κ1) is 8.50. The number of hydrogen-bond acceptors (Lipinski definition) is 2. The van der Waals surface area contributed by atoms with E-state index < -0.39 is 0 Å². The molecule has 0 aliphatic rings. The molecule has 0 heterocycles. The Hall–Kier alpha value is -0.500. The fourth-order valence-corrected chi connectivity index (χ4v) is 0.641. The van der Waals surface area contributed by atoms with Crippen molar-refractivity contribution >= 4 is 0 Å². The average molecular weight is 128 g/mol. The van der Waals surface area contributed by atoms with Gasteiger partial charge in [-0.05, 0) is 33.1 Å². The molecule has 0 saturated heterocycles. The van der Waals surface area contributed by atoms with E-state index in [1.54, 1.807) is 0 Å². The first-order valence-corrected chi connectivity index (χ1v) is 3.28. The summed E-state index contributed by atoms with van der Waals surface area (Å²) in [7, 11) is 3.88. The minimum Gasteiger partial charge on any atom is -0.394 e. The first-order valence-electron chi connectivity index (χ1n) is 3.28. The molecule has 2 heteroatoms. The van der Waals surface area contributed by atoms with Crippen molar-refractivity contribution < 1.29 is 0 Å². The van der Waals surface area contributed by atoms with E-state index in [9.17, 15) is 0 Å². The Morgan fingerprint density at radius 1 is 1.44 bits per heavy atom. The van der Waals surface area contributed by atoms with Crippen LogP contribution in [0.15, 0.2) is 11.8 Å². The molecule has 0 spiro atoms. The Morgan fingerprint density at radius 3 is 2.56 bits per heavy atom. The first-order chi connectivity index (χ1) is 4.31. The summed E-state index contributed by atoms with van der Waals surface area (Å²) in [6, 6.07) is 0. The lowest BCUT2D eigenvalue weighted by molar-refractivity contribution is 0.780. The normalized spacial score (nSPS) is 11.7. The Bertz CT molecular complexity index is 86.9. The molecule has 2 N–H and O–H groups in total. The van der Waals surface area contributed by atoms with E-state index in [4.69, 9.17) is 0 Å². The van der Waals surface area contributed by atoms with Gasteiger partial charge in [0.2, 0.25) is 0 Å². The highest BCUT2D eigenvalue weighted by Gasteiger charge is 1.84. The van der Waals surface area contributed by atoms with Gasteiger partial charge in [0.25, 0.3) is 0 Å². The number of nitrogens with one attached hydrogen (secondary N) is 2. The van der Waals surface area contributed by atoms with Crippen molar-refractivity contribution in [2.75, 3.05) is 20.6 Å². The van der Waals surface area contributed by atoms with Crippen LogP contribution in [-0.2, 0) is 0 Å². The molecule has 0 aromatic carbocycles. The van der Waals surface area contributed by atoms with E-state index in [1.807, 2.05) is 20.3 Å². The van der Waals surface area contributed by atoms with Crippen LogP contribution in [0.1, 0.15) is 13.3 Å². The average Bonchev–Trinajstić information content (AvgIpc) is 1.85. The molecule has 0 amide bonds. The standard InChI is InChI=1S/C7H16N2/c1-7(6-9-3)4-5-8-2/h6,8-9H,4-5H2,1-3H3/b7-6-. The van der Waals surface area contributed by atoms with E-state index in [1.165, 1.54) is 5.57 Å². The van der Waals surface area contributed by atoms with Gasteiger partial charge in [-0.3, -0.25) is 0 Å².